The monoisotopic (exact) mass is 232 g/mol. The third-order valence-corrected chi connectivity index (χ3v) is 5.82. The fourth-order valence-electron chi connectivity index (χ4n) is 2.46. The number of hydrogen-bond acceptors (Lipinski definition) is 3. The SMILES string of the molecule is CCOP(=O)(CC1(C2CC2)CC1)OCC. The van der Waals surface area contributed by atoms with Gasteiger partial charge in [-0.1, -0.05) is 0 Å². The molecule has 0 aromatic rings. The summed E-state index contributed by atoms with van der Waals surface area (Å²) in [6, 6.07) is 0. The van der Waals surface area contributed by atoms with Crippen LogP contribution in [0, 0.1) is 11.3 Å². The lowest BCUT2D eigenvalue weighted by Crippen LogP contribution is -2.13. The van der Waals surface area contributed by atoms with Gasteiger partial charge in [0.05, 0.1) is 19.4 Å². The summed E-state index contributed by atoms with van der Waals surface area (Å²) in [7, 11) is -2.79. The summed E-state index contributed by atoms with van der Waals surface area (Å²) in [5, 5.41) is 0. The van der Waals surface area contributed by atoms with Crippen LogP contribution < -0.4 is 0 Å². The highest BCUT2D eigenvalue weighted by molar-refractivity contribution is 7.53. The van der Waals surface area contributed by atoms with Crippen molar-refractivity contribution in [2.24, 2.45) is 11.3 Å². The zero-order valence-corrected chi connectivity index (χ0v) is 10.6. The molecule has 0 heterocycles. The van der Waals surface area contributed by atoms with Gasteiger partial charge in [0.1, 0.15) is 0 Å². The Hall–Kier alpha value is 0.150. The van der Waals surface area contributed by atoms with Crippen molar-refractivity contribution < 1.29 is 13.6 Å². The van der Waals surface area contributed by atoms with E-state index in [1.54, 1.807) is 0 Å². The van der Waals surface area contributed by atoms with Gasteiger partial charge in [0, 0.05) is 0 Å². The van der Waals surface area contributed by atoms with Crippen molar-refractivity contribution in [2.75, 3.05) is 19.4 Å². The van der Waals surface area contributed by atoms with E-state index in [2.05, 4.69) is 0 Å². The molecule has 0 spiro atoms. The number of hydrogen-bond donors (Lipinski definition) is 0. The Morgan fingerprint density at radius 2 is 1.73 bits per heavy atom. The third kappa shape index (κ3) is 2.64. The molecule has 0 bridgehead atoms. The van der Waals surface area contributed by atoms with Crippen LogP contribution in [0.5, 0.6) is 0 Å². The van der Waals surface area contributed by atoms with Crippen molar-refractivity contribution in [3.05, 3.63) is 0 Å². The van der Waals surface area contributed by atoms with Crippen LogP contribution in [0.25, 0.3) is 0 Å². The predicted molar refractivity (Wildman–Crippen MR) is 60.1 cm³/mol. The molecule has 2 aliphatic rings. The van der Waals surface area contributed by atoms with Gasteiger partial charge in [0.25, 0.3) is 0 Å². The fourth-order valence-corrected chi connectivity index (χ4v) is 4.85. The average Bonchev–Trinajstić information content (AvgIpc) is 2.98. The highest BCUT2D eigenvalue weighted by Crippen LogP contribution is 2.68. The second kappa shape index (κ2) is 4.20. The van der Waals surface area contributed by atoms with Crippen LogP contribution in [0.15, 0.2) is 0 Å². The molecule has 0 aromatic carbocycles. The van der Waals surface area contributed by atoms with Crippen LogP contribution in [0.4, 0.5) is 0 Å². The summed E-state index contributed by atoms with van der Waals surface area (Å²) < 4.78 is 23.1. The maximum Gasteiger partial charge on any atom is 0.331 e. The van der Waals surface area contributed by atoms with Crippen LogP contribution in [0.2, 0.25) is 0 Å². The molecule has 0 atom stereocenters. The van der Waals surface area contributed by atoms with Crippen LogP contribution in [-0.2, 0) is 13.6 Å². The zero-order valence-electron chi connectivity index (χ0n) is 9.70. The Labute approximate surface area is 92.1 Å². The van der Waals surface area contributed by atoms with E-state index in [0.717, 1.165) is 5.92 Å². The van der Waals surface area contributed by atoms with Gasteiger partial charge in [-0.2, -0.15) is 0 Å². The molecule has 0 aromatic heterocycles. The molecule has 0 amide bonds. The molecule has 0 radical (unpaired) electrons. The van der Waals surface area contributed by atoms with E-state index in [1.807, 2.05) is 13.8 Å². The molecular weight excluding hydrogens is 211 g/mol. The second-order valence-electron chi connectivity index (χ2n) is 4.74. The van der Waals surface area contributed by atoms with Gasteiger partial charge in [0.2, 0.25) is 0 Å². The van der Waals surface area contributed by atoms with Gasteiger partial charge in [-0.3, -0.25) is 4.57 Å². The Morgan fingerprint density at radius 1 is 1.20 bits per heavy atom. The normalized spacial score (nSPS) is 24.1. The molecule has 88 valence electrons. The van der Waals surface area contributed by atoms with Gasteiger partial charge in [-0.05, 0) is 50.9 Å². The predicted octanol–water partition coefficient (Wildman–Crippen LogP) is 3.44. The van der Waals surface area contributed by atoms with Crippen molar-refractivity contribution in [1.29, 1.82) is 0 Å². The minimum absolute atomic E-state index is 0.333. The fraction of sp³-hybridized carbons (Fsp3) is 1.00. The molecule has 15 heavy (non-hydrogen) atoms. The Morgan fingerprint density at radius 3 is 2.07 bits per heavy atom. The van der Waals surface area contributed by atoms with E-state index in [4.69, 9.17) is 9.05 Å². The van der Waals surface area contributed by atoms with E-state index < -0.39 is 7.60 Å². The van der Waals surface area contributed by atoms with E-state index in [9.17, 15) is 4.57 Å². The summed E-state index contributed by atoms with van der Waals surface area (Å²) in [6.45, 7) is 4.72. The van der Waals surface area contributed by atoms with Gasteiger partial charge < -0.3 is 9.05 Å². The van der Waals surface area contributed by atoms with Crippen LogP contribution >= 0.6 is 7.60 Å². The van der Waals surface area contributed by atoms with Gasteiger partial charge in [-0.15, -0.1) is 0 Å². The first-order chi connectivity index (χ1) is 7.14. The van der Waals surface area contributed by atoms with Crippen molar-refractivity contribution in [1.82, 2.24) is 0 Å². The minimum Gasteiger partial charge on any atom is -0.309 e. The second-order valence-corrected chi connectivity index (χ2v) is 6.80. The van der Waals surface area contributed by atoms with E-state index in [-0.39, 0.29) is 0 Å². The van der Waals surface area contributed by atoms with E-state index in [1.165, 1.54) is 25.7 Å². The smallest absolute Gasteiger partial charge is 0.309 e. The lowest BCUT2D eigenvalue weighted by molar-refractivity contribution is 0.212. The van der Waals surface area contributed by atoms with Crippen molar-refractivity contribution in [3.8, 4) is 0 Å². The molecule has 0 unspecified atom stereocenters. The van der Waals surface area contributed by atoms with E-state index in [0.29, 0.717) is 24.8 Å². The van der Waals surface area contributed by atoms with Crippen LogP contribution in [-0.4, -0.2) is 19.4 Å². The Kier molecular flexibility index (Phi) is 3.25. The topological polar surface area (TPSA) is 35.5 Å². The minimum atomic E-state index is -2.79. The molecular formula is C11H21O3P. The van der Waals surface area contributed by atoms with Crippen molar-refractivity contribution in [2.45, 2.75) is 39.5 Å². The van der Waals surface area contributed by atoms with E-state index >= 15 is 0 Å². The Bertz CT molecular complexity index is 259. The van der Waals surface area contributed by atoms with Gasteiger partial charge in [-0.25, -0.2) is 0 Å². The molecule has 2 aliphatic carbocycles. The summed E-state index contributed by atoms with van der Waals surface area (Å²) in [5.74, 6) is 0.812. The molecule has 0 aliphatic heterocycles. The Balaban J connectivity index is 1.96. The molecule has 0 N–H and O–H groups in total. The average molecular weight is 232 g/mol. The quantitative estimate of drug-likeness (QED) is 0.631. The van der Waals surface area contributed by atoms with Crippen LogP contribution in [0.3, 0.4) is 0 Å². The summed E-state index contributed by atoms with van der Waals surface area (Å²) >= 11 is 0. The zero-order chi connectivity index (χ0) is 10.9. The molecule has 4 heteroatoms. The van der Waals surface area contributed by atoms with Crippen LogP contribution in [0.1, 0.15) is 39.5 Å². The highest BCUT2D eigenvalue weighted by Gasteiger charge is 2.57. The van der Waals surface area contributed by atoms with Crippen molar-refractivity contribution >= 4 is 7.60 Å². The standard InChI is InChI=1S/C11H21O3P/c1-3-13-15(12,14-4-2)9-11(7-8-11)10-5-6-10/h10H,3-9H2,1-2H3. The molecule has 3 nitrogen and oxygen atoms in total. The summed E-state index contributed by atoms with van der Waals surface area (Å²) in [4.78, 5) is 0. The molecule has 0 saturated heterocycles. The summed E-state index contributed by atoms with van der Waals surface area (Å²) in [5.41, 5.74) is 0.333. The molecule has 2 saturated carbocycles. The lowest BCUT2D eigenvalue weighted by atomic mass is 10.0. The lowest BCUT2D eigenvalue weighted by Gasteiger charge is -2.22. The first kappa shape index (κ1) is 11.6. The molecule has 2 fully saturated rings. The first-order valence-corrected chi connectivity index (χ1v) is 7.75. The highest BCUT2D eigenvalue weighted by atomic mass is 31.2. The van der Waals surface area contributed by atoms with Gasteiger partial charge in [0.15, 0.2) is 0 Å². The summed E-state index contributed by atoms with van der Waals surface area (Å²) in [6.07, 6.45) is 5.74. The third-order valence-electron chi connectivity index (χ3n) is 3.50. The number of rotatable bonds is 7. The molecule has 2 rings (SSSR count). The largest absolute Gasteiger partial charge is 0.331 e. The maximum atomic E-state index is 12.4. The van der Waals surface area contributed by atoms with Crippen molar-refractivity contribution in [3.63, 3.8) is 0 Å². The first-order valence-electron chi connectivity index (χ1n) is 6.02. The van der Waals surface area contributed by atoms with Gasteiger partial charge >= 0.3 is 7.60 Å². The maximum absolute atomic E-state index is 12.4.